The number of carbonyl (C=O) groups is 2. The first kappa shape index (κ1) is 12.2. The molecule has 2 amide bonds. The highest BCUT2D eigenvalue weighted by Gasteiger charge is 2.67. The number of rotatable bonds is 1. The fourth-order valence-electron chi connectivity index (χ4n) is 4.96. The lowest BCUT2D eigenvalue weighted by Gasteiger charge is -2.37. The third kappa shape index (κ3) is 1.28. The summed E-state index contributed by atoms with van der Waals surface area (Å²) in [7, 11) is 0. The van der Waals surface area contributed by atoms with Crippen LogP contribution in [0.25, 0.3) is 0 Å². The molecule has 22 heavy (non-hydrogen) atoms. The van der Waals surface area contributed by atoms with Crippen molar-refractivity contribution in [3.05, 3.63) is 42.0 Å². The summed E-state index contributed by atoms with van der Waals surface area (Å²) in [6, 6.07) is 8.96. The number of hydrogen-bond donors (Lipinski definition) is 0. The summed E-state index contributed by atoms with van der Waals surface area (Å²) in [5.74, 6) is 0.991. The predicted octanol–water partition coefficient (Wildman–Crippen LogP) is 2.12. The molecule has 1 aromatic rings. The van der Waals surface area contributed by atoms with Gasteiger partial charge in [0.1, 0.15) is 6.07 Å². The van der Waals surface area contributed by atoms with Gasteiger partial charge in [-0.3, -0.25) is 9.59 Å². The van der Waals surface area contributed by atoms with Crippen molar-refractivity contribution in [3.63, 3.8) is 0 Å². The number of para-hydroxylation sites is 1. The average molecular weight is 290 g/mol. The summed E-state index contributed by atoms with van der Waals surface area (Å²) in [5.41, 5.74) is 0.829. The summed E-state index contributed by atoms with van der Waals surface area (Å²) in [6.07, 6.45) is 5.47. The lowest BCUT2D eigenvalue weighted by atomic mass is 9.63. The van der Waals surface area contributed by atoms with Crippen LogP contribution in [-0.2, 0) is 9.59 Å². The molecule has 1 aromatic carbocycles. The highest BCUT2D eigenvalue weighted by Crippen LogP contribution is 2.65. The molecule has 6 rings (SSSR count). The SMILES string of the molecule is N#Cc1ccccc1N1C(=O)[C@@H]2[C@@H]3C=C[C@H]([C@@H]4C[C@H]34)[C@@H]2C1=O. The van der Waals surface area contributed by atoms with Gasteiger partial charge in [0.05, 0.1) is 23.1 Å². The topological polar surface area (TPSA) is 61.2 Å². The van der Waals surface area contributed by atoms with Gasteiger partial charge >= 0.3 is 0 Å². The molecule has 4 heteroatoms. The van der Waals surface area contributed by atoms with E-state index in [-0.39, 0.29) is 35.5 Å². The molecule has 1 heterocycles. The van der Waals surface area contributed by atoms with Crippen molar-refractivity contribution in [3.8, 4) is 6.07 Å². The molecule has 1 saturated heterocycles. The molecule has 0 unspecified atom stereocenters. The van der Waals surface area contributed by atoms with Crippen LogP contribution in [0.1, 0.15) is 12.0 Å². The molecule has 1 aliphatic heterocycles. The minimum atomic E-state index is -0.210. The highest BCUT2D eigenvalue weighted by molar-refractivity contribution is 6.23. The minimum absolute atomic E-state index is 0.109. The summed E-state index contributed by atoms with van der Waals surface area (Å²) in [4.78, 5) is 27.2. The summed E-state index contributed by atoms with van der Waals surface area (Å²) in [6.45, 7) is 0. The van der Waals surface area contributed by atoms with Crippen LogP contribution in [0.2, 0.25) is 0 Å². The van der Waals surface area contributed by atoms with E-state index in [0.717, 1.165) is 6.42 Å². The third-order valence-electron chi connectivity index (χ3n) is 5.93. The Bertz CT molecular complexity index is 755. The number of imide groups is 1. The van der Waals surface area contributed by atoms with Gasteiger partial charge in [-0.2, -0.15) is 5.26 Å². The Morgan fingerprint density at radius 2 is 1.59 bits per heavy atom. The van der Waals surface area contributed by atoms with Crippen LogP contribution in [0.5, 0.6) is 0 Å². The van der Waals surface area contributed by atoms with E-state index in [9.17, 15) is 14.9 Å². The largest absolute Gasteiger partial charge is 0.274 e. The molecule has 6 atom stereocenters. The van der Waals surface area contributed by atoms with Gasteiger partial charge in [0.15, 0.2) is 0 Å². The molecule has 4 aliphatic carbocycles. The van der Waals surface area contributed by atoms with E-state index in [1.165, 1.54) is 4.90 Å². The zero-order valence-electron chi connectivity index (χ0n) is 11.8. The molecule has 5 aliphatic rings. The van der Waals surface area contributed by atoms with Crippen LogP contribution in [0, 0.1) is 46.8 Å². The quantitative estimate of drug-likeness (QED) is 0.588. The van der Waals surface area contributed by atoms with Crippen LogP contribution >= 0.6 is 0 Å². The number of amides is 2. The Labute approximate surface area is 128 Å². The fraction of sp³-hybridized carbons (Fsp3) is 0.389. The van der Waals surface area contributed by atoms with Gasteiger partial charge < -0.3 is 0 Å². The summed E-state index contributed by atoms with van der Waals surface area (Å²) in [5, 5.41) is 9.26. The number of nitrogens with zero attached hydrogens (tertiary/aromatic N) is 2. The van der Waals surface area contributed by atoms with E-state index < -0.39 is 0 Å². The second-order valence-corrected chi connectivity index (χ2v) is 6.80. The monoisotopic (exact) mass is 290 g/mol. The number of benzene rings is 1. The van der Waals surface area contributed by atoms with E-state index >= 15 is 0 Å². The normalized spacial score (nSPS) is 40.4. The molecule has 0 radical (unpaired) electrons. The number of nitriles is 1. The molecule has 0 N–H and O–H groups in total. The number of hydrogen-bond acceptors (Lipinski definition) is 3. The van der Waals surface area contributed by atoms with Crippen LogP contribution in [0.15, 0.2) is 36.4 Å². The maximum Gasteiger partial charge on any atom is 0.238 e. The van der Waals surface area contributed by atoms with Crippen molar-refractivity contribution in [1.29, 1.82) is 5.26 Å². The van der Waals surface area contributed by atoms with Gasteiger partial charge in [-0.05, 0) is 42.2 Å². The van der Waals surface area contributed by atoms with Gasteiger partial charge in [-0.15, -0.1) is 0 Å². The predicted molar refractivity (Wildman–Crippen MR) is 78.3 cm³/mol. The molecular weight excluding hydrogens is 276 g/mol. The molecule has 3 fully saturated rings. The first-order valence-corrected chi connectivity index (χ1v) is 7.77. The molecule has 0 spiro atoms. The van der Waals surface area contributed by atoms with Crippen LogP contribution in [0.4, 0.5) is 5.69 Å². The van der Waals surface area contributed by atoms with E-state index in [2.05, 4.69) is 18.2 Å². The number of carbonyl (C=O) groups excluding carboxylic acids is 2. The van der Waals surface area contributed by atoms with Gasteiger partial charge in [0, 0.05) is 0 Å². The lowest BCUT2D eigenvalue weighted by molar-refractivity contribution is -0.124. The van der Waals surface area contributed by atoms with E-state index in [4.69, 9.17) is 0 Å². The van der Waals surface area contributed by atoms with Crippen molar-refractivity contribution in [2.45, 2.75) is 6.42 Å². The second kappa shape index (κ2) is 3.86. The maximum atomic E-state index is 12.9. The number of anilines is 1. The van der Waals surface area contributed by atoms with Crippen LogP contribution in [-0.4, -0.2) is 11.8 Å². The van der Waals surface area contributed by atoms with E-state index in [0.29, 0.717) is 23.1 Å². The smallest absolute Gasteiger partial charge is 0.238 e. The van der Waals surface area contributed by atoms with Crippen LogP contribution < -0.4 is 4.90 Å². The van der Waals surface area contributed by atoms with Crippen molar-refractivity contribution >= 4 is 17.5 Å². The molecule has 2 saturated carbocycles. The lowest BCUT2D eigenvalue weighted by Crippen LogP contribution is -2.40. The molecular formula is C18H14N2O2. The van der Waals surface area contributed by atoms with Gasteiger partial charge in [0.2, 0.25) is 11.8 Å². The second-order valence-electron chi connectivity index (χ2n) is 6.80. The Kier molecular flexibility index (Phi) is 2.14. The molecule has 108 valence electrons. The van der Waals surface area contributed by atoms with Crippen molar-refractivity contribution in [1.82, 2.24) is 0 Å². The zero-order chi connectivity index (χ0) is 15.0. The van der Waals surface area contributed by atoms with Gasteiger partial charge in [0.25, 0.3) is 0 Å². The van der Waals surface area contributed by atoms with Crippen molar-refractivity contribution in [2.24, 2.45) is 35.5 Å². The zero-order valence-corrected chi connectivity index (χ0v) is 11.8. The first-order chi connectivity index (χ1) is 10.7. The van der Waals surface area contributed by atoms with Gasteiger partial charge in [-0.1, -0.05) is 24.3 Å². The van der Waals surface area contributed by atoms with Crippen molar-refractivity contribution < 1.29 is 9.59 Å². The number of allylic oxidation sites excluding steroid dienone is 2. The Balaban J connectivity index is 1.62. The molecule has 4 nitrogen and oxygen atoms in total. The van der Waals surface area contributed by atoms with Gasteiger partial charge in [-0.25, -0.2) is 4.90 Å². The Morgan fingerprint density at radius 3 is 2.18 bits per heavy atom. The average Bonchev–Trinajstić information content (AvgIpc) is 3.32. The Hall–Kier alpha value is -2.41. The van der Waals surface area contributed by atoms with E-state index in [1.54, 1.807) is 24.3 Å². The van der Waals surface area contributed by atoms with E-state index in [1.807, 2.05) is 0 Å². The third-order valence-corrected chi connectivity index (χ3v) is 5.93. The summed E-state index contributed by atoms with van der Waals surface area (Å²) >= 11 is 0. The van der Waals surface area contributed by atoms with Crippen LogP contribution in [0.3, 0.4) is 0 Å². The highest BCUT2D eigenvalue weighted by atomic mass is 16.2. The first-order valence-electron chi connectivity index (χ1n) is 7.77. The summed E-state index contributed by atoms with van der Waals surface area (Å²) < 4.78 is 0. The standard InChI is InChI=1S/C18H14N2O2/c19-8-9-3-1-2-4-14(9)20-17(21)15-10-5-6-11(13-7-12(10)13)16(15)18(20)22/h1-6,10-13,15-16H,7H2/t10-,11-,12-,13+,15-,16+/m1/s1. The molecule has 0 aromatic heterocycles. The Morgan fingerprint density at radius 1 is 1.00 bits per heavy atom. The maximum absolute atomic E-state index is 12.9. The molecule has 2 bridgehead atoms. The minimum Gasteiger partial charge on any atom is -0.274 e. The fourth-order valence-corrected chi connectivity index (χ4v) is 4.96. The van der Waals surface area contributed by atoms with Crippen molar-refractivity contribution in [2.75, 3.05) is 4.90 Å².